The zero-order chi connectivity index (χ0) is 12.1. The van der Waals surface area contributed by atoms with Gasteiger partial charge in [-0.25, -0.2) is 0 Å². The fourth-order valence-corrected chi connectivity index (χ4v) is 1.59. The first-order valence-corrected chi connectivity index (χ1v) is 6.01. The summed E-state index contributed by atoms with van der Waals surface area (Å²) in [5.41, 5.74) is 1.02. The summed E-state index contributed by atoms with van der Waals surface area (Å²) < 4.78 is 21.3. The van der Waals surface area contributed by atoms with Gasteiger partial charge in [-0.2, -0.15) is 0 Å². The van der Waals surface area contributed by atoms with E-state index in [9.17, 15) is 0 Å². The van der Waals surface area contributed by atoms with Gasteiger partial charge in [-0.05, 0) is 24.6 Å². The monoisotopic (exact) mass is 258 g/mol. The molecule has 0 aliphatic carbocycles. The molecule has 0 saturated carbocycles. The second kappa shape index (κ2) is 6.10. The molecule has 94 valence electrons. The Labute approximate surface area is 105 Å². The lowest BCUT2D eigenvalue weighted by Gasteiger charge is -2.13. The zero-order valence-corrected chi connectivity index (χ0v) is 10.4. The van der Waals surface area contributed by atoms with Crippen molar-refractivity contribution in [3.8, 4) is 11.5 Å². The first kappa shape index (κ1) is 12.5. The van der Waals surface area contributed by atoms with E-state index in [1.165, 1.54) is 0 Å². The highest BCUT2D eigenvalue weighted by molar-refractivity contribution is 6.17. The summed E-state index contributed by atoms with van der Waals surface area (Å²) in [4.78, 5) is 0. The number of benzene rings is 1. The first-order chi connectivity index (χ1) is 8.29. The number of rotatable bonds is 6. The standard InChI is InChI=1S/C12H15ClO4/c1-9(14-5-4-13)15-7-10-2-3-11-12(6-10)17-8-16-11/h2-3,6,9H,4-5,7-8H2,1H3/t9-/m1/s1. The lowest BCUT2D eigenvalue weighted by molar-refractivity contribution is -0.133. The molecule has 1 aliphatic heterocycles. The van der Waals surface area contributed by atoms with Gasteiger partial charge in [0.2, 0.25) is 6.79 Å². The highest BCUT2D eigenvalue weighted by Gasteiger charge is 2.13. The summed E-state index contributed by atoms with van der Waals surface area (Å²) in [5, 5.41) is 0. The maximum atomic E-state index is 5.52. The molecule has 1 heterocycles. The van der Waals surface area contributed by atoms with Gasteiger partial charge >= 0.3 is 0 Å². The normalized spacial score (nSPS) is 14.9. The van der Waals surface area contributed by atoms with Crippen molar-refractivity contribution in [2.24, 2.45) is 0 Å². The van der Waals surface area contributed by atoms with E-state index >= 15 is 0 Å². The third-order valence-electron chi connectivity index (χ3n) is 2.35. The van der Waals surface area contributed by atoms with Gasteiger partial charge in [0.15, 0.2) is 17.8 Å². The Morgan fingerprint density at radius 3 is 2.94 bits per heavy atom. The summed E-state index contributed by atoms with van der Waals surface area (Å²) in [6.45, 7) is 3.10. The SMILES string of the molecule is C[C@H](OCCCl)OCc1ccc2c(c1)OCO2. The summed E-state index contributed by atoms with van der Waals surface area (Å²) >= 11 is 5.52. The van der Waals surface area contributed by atoms with E-state index in [1.807, 2.05) is 25.1 Å². The molecular weight excluding hydrogens is 244 g/mol. The molecule has 1 aliphatic rings. The summed E-state index contributed by atoms with van der Waals surface area (Å²) in [7, 11) is 0. The van der Waals surface area contributed by atoms with Crippen LogP contribution in [0.25, 0.3) is 0 Å². The Balaban J connectivity index is 1.83. The van der Waals surface area contributed by atoms with Gasteiger partial charge in [-0.15, -0.1) is 11.6 Å². The van der Waals surface area contributed by atoms with Crippen LogP contribution in [0.4, 0.5) is 0 Å². The minimum Gasteiger partial charge on any atom is -0.454 e. The molecule has 0 saturated heterocycles. The second-order valence-corrected chi connectivity index (χ2v) is 4.00. The predicted molar refractivity (Wildman–Crippen MR) is 63.5 cm³/mol. The number of hydrogen-bond acceptors (Lipinski definition) is 4. The fraction of sp³-hybridized carbons (Fsp3) is 0.500. The molecule has 1 aromatic rings. The number of halogens is 1. The van der Waals surface area contributed by atoms with Crippen molar-refractivity contribution in [2.45, 2.75) is 19.8 Å². The van der Waals surface area contributed by atoms with E-state index in [0.717, 1.165) is 17.1 Å². The predicted octanol–water partition coefficient (Wildman–Crippen LogP) is 2.53. The van der Waals surface area contributed by atoms with Crippen molar-refractivity contribution < 1.29 is 18.9 Å². The molecule has 0 aromatic heterocycles. The minimum atomic E-state index is -0.265. The van der Waals surface area contributed by atoms with Crippen molar-refractivity contribution in [3.63, 3.8) is 0 Å². The molecule has 17 heavy (non-hydrogen) atoms. The van der Waals surface area contributed by atoms with Crippen molar-refractivity contribution in [1.82, 2.24) is 0 Å². The Morgan fingerprint density at radius 2 is 2.12 bits per heavy atom. The van der Waals surface area contributed by atoms with Crippen LogP contribution >= 0.6 is 11.6 Å². The largest absolute Gasteiger partial charge is 0.454 e. The van der Waals surface area contributed by atoms with Crippen LogP contribution in [-0.4, -0.2) is 25.6 Å². The third kappa shape index (κ3) is 3.49. The van der Waals surface area contributed by atoms with Crippen molar-refractivity contribution >= 4 is 11.6 Å². The molecule has 0 bridgehead atoms. The van der Waals surface area contributed by atoms with Crippen molar-refractivity contribution in [3.05, 3.63) is 23.8 Å². The number of ether oxygens (including phenoxy) is 4. The van der Waals surface area contributed by atoms with Crippen LogP contribution in [-0.2, 0) is 16.1 Å². The molecule has 0 spiro atoms. The van der Waals surface area contributed by atoms with Gasteiger partial charge in [0.25, 0.3) is 0 Å². The van der Waals surface area contributed by atoms with E-state index in [4.69, 9.17) is 30.5 Å². The number of hydrogen-bond donors (Lipinski definition) is 0. The van der Waals surface area contributed by atoms with Crippen LogP contribution in [0.1, 0.15) is 12.5 Å². The summed E-state index contributed by atoms with van der Waals surface area (Å²) in [6, 6.07) is 5.74. The van der Waals surface area contributed by atoms with Crippen LogP contribution in [0.15, 0.2) is 18.2 Å². The quantitative estimate of drug-likeness (QED) is 0.580. The van der Waals surface area contributed by atoms with Gasteiger partial charge in [-0.1, -0.05) is 6.07 Å². The third-order valence-corrected chi connectivity index (χ3v) is 2.51. The number of fused-ring (bicyclic) bond motifs is 1. The van der Waals surface area contributed by atoms with Gasteiger partial charge in [-0.3, -0.25) is 0 Å². The molecule has 5 heteroatoms. The van der Waals surface area contributed by atoms with Gasteiger partial charge in [0, 0.05) is 5.88 Å². The van der Waals surface area contributed by atoms with E-state index in [2.05, 4.69) is 0 Å². The van der Waals surface area contributed by atoms with Crippen LogP contribution in [0, 0.1) is 0 Å². The van der Waals surface area contributed by atoms with Crippen molar-refractivity contribution in [2.75, 3.05) is 19.3 Å². The van der Waals surface area contributed by atoms with Crippen LogP contribution < -0.4 is 9.47 Å². The highest BCUT2D eigenvalue weighted by atomic mass is 35.5. The molecule has 0 N–H and O–H groups in total. The molecule has 1 aromatic carbocycles. The molecule has 4 nitrogen and oxygen atoms in total. The Kier molecular flexibility index (Phi) is 4.48. The summed E-state index contributed by atoms with van der Waals surface area (Å²) in [5.74, 6) is 2.01. The maximum Gasteiger partial charge on any atom is 0.231 e. The van der Waals surface area contributed by atoms with E-state index in [1.54, 1.807) is 0 Å². The van der Waals surface area contributed by atoms with Crippen LogP contribution in [0.5, 0.6) is 11.5 Å². The molecule has 0 fully saturated rings. The van der Waals surface area contributed by atoms with Crippen molar-refractivity contribution in [1.29, 1.82) is 0 Å². The van der Waals surface area contributed by atoms with Crippen LogP contribution in [0.3, 0.4) is 0 Å². The Morgan fingerprint density at radius 1 is 1.29 bits per heavy atom. The Bertz CT molecular complexity index is 370. The highest BCUT2D eigenvalue weighted by Crippen LogP contribution is 2.32. The van der Waals surface area contributed by atoms with Gasteiger partial charge in [0.1, 0.15) is 0 Å². The van der Waals surface area contributed by atoms with Gasteiger partial charge in [0.05, 0.1) is 13.2 Å². The Hall–Kier alpha value is -0.970. The van der Waals surface area contributed by atoms with E-state index in [-0.39, 0.29) is 13.1 Å². The van der Waals surface area contributed by atoms with E-state index in [0.29, 0.717) is 19.1 Å². The molecule has 0 unspecified atom stereocenters. The molecule has 0 amide bonds. The summed E-state index contributed by atoms with van der Waals surface area (Å²) in [6.07, 6.45) is -0.265. The second-order valence-electron chi connectivity index (χ2n) is 3.63. The molecule has 2 rings (SSSR count). The average Bonchev–Trinajstić information content (AvgIpc) is 2.81. The average molecular weight is 259 g/mol. The van der Waals surface area contributed by atoms with Crippen LogP contribution in [0.2, 0.25) is 0 Å². The zero-order valence-electron chi connectivity index (χ0n) is 9.65. The van der Waals surface area contributed by atoms with Gasteiger partial charge < -0.3 is 18.9 Å². The molecular formula is C12H15ClO4. The molecule has 1 atom stereocenters. The molecule has 0 radical (unpaired) electrons. The number of alkyl halides is 1. The lowest BCUT2D eigenvalue weighted by Crippen LogP contribution is -2.14. The minimum absolute atomic E-state index is 0.265. The fourth-order valence-electron chi connectivity index (χ4n) is 1.50. The van der Waals surface area contributed by atoms with E-state index < -0.39 is 0 Å². The lowest BCUT2D eigenvalue weighted by atomic mass is 10.2. The maximum absolute atomic E-state index is 5.52. The smallest absolute Gasteiger partial charge is 0.231 e. The first-order valence-electron chi connectivity index (χ1n) is 5.47. The topological polar surface area (TPSA) is 36.9 Å².